The van der Waals surface area contributed by atoms with Crippen molar-refractivity contribution in [3.05, 3.63) is 59.7 Å². The van der Waals surface area contributed by atoms with Crippen molar-refractivity contribution in [1.82, 2.24) is 9.80 Å². The van der Waals surface area contributed by atoms with Crippen LogP contribution in [0.4, 0.5) is 4.79 Å². The second-order valence-corrected chi connectivity index (χ2v) is 7.47. The summed E-state index contributed by atoms with van der Waals surface area (Å²) in [7, 11) is 3.08. The molecule has 7 nitrogen and oxygen atoms in total. The van der Waals surface area contributed by atoms with Crippen LogP contribution in [0.1, 0.15) is 29.9 Å². The number of hydrogen-bond donors (Lipinski definition) is 1. The summed E-state index contributed by atoms with van der Waals surface area (Å²) in [5.74, 6) is -1.32. The zero-order chi connectivity index (χ0) is 21.7. The summed E-state index contributed by atoms with van der Waals surface area (Å²) in [5.41, 5.74) is 4.65. The maximum absolute atomic E-state index is 12.4. The van der Waals surface area contributed by atoms with E-state index in [1.807, 2.05) is 24.3 Å². The molecule has 1 aliphatic carbocycles. The molecule has 0 saturated heterocycles. The second kappa shape index (κ2) is 9.43. The number of carboxylic acid groups (broad SMARTS) is 1. The Morgan fingerprint density at radius 3 is 2.07 bits per heavy atom. The van der Waals surface area contributed by atoms with Gasteiger partial charge in [0.05, 0.1) is 0 Å². The van der Waals surface area contributed by atoms with Crippen molar-refractivity contribution in [2.24, 2.45) is 0 Å². The van der Waals surface area contributed by atoms with Crippen LogP contribution in [0, 0.1) is 0 Å². The predicted octanol–water partition coefficient (Wildman–Crippen LogP) is 3.19. The average Bonchev–Trinajstić information content (AvgIpc) is 3.05. The van der Waals surface area contributed by atoms with Crippen LogP contribution >= 0.6 is 0 Å². The van der Waals surface area contributed by atoms with Crippen molar-refractivity contribution in [2.45, 2.75) is 18.8 Å². The van der Waals surface area contributed by atoms with Crippen LogP contribution in [0.15, 0.2) is 48.5 Å². The average molecular weight is 410 g/mol. The SMILES string of the molecule is CN(CC(=O)O)C(=O)CCCN(C)C(=O)OCC1c2ccccc2-c2ccccc21. The predicted molar refractivity (Wildman–Crippen MR) is 112 cm³/mol. The van der Waals surface area contributed by atoms with E-state index in [9.17, 15) is 14.4 Å². The standard InChI is InChI=1S/C23H26N2O5/c1-24(13-7-12-21(26)25(2)14-22(27)28)23(29)30-15-20-18-10-5-3-8-16(18)17-9-4-6-11-19(17)20/h3-6,8-11,20H,7,12-15H2,1-2H3,(H,27,28). The number of ether oxygens (including phenoxy) is 1. The van der Waals surface area contributed by atoms with Crippen molar-refractivity contribution >= 4 is 18.0 Å². The molecule has 7 heteroatoms. The molecule has 0 heterocycles. The number of carbonyl (C=O) groups is 3. The second-order valence-electron chi connectivity index (χ2n) is 7.47. The molecule has 0 atom stereocenters. The van der Waals surface area contributed by atoms with Crippen LogP contribution in [0.3, 0.4) is 0 Å². The van der Waals surface area contributed by atoms with E-state index < -0.39 is 12.1 Å². The lowest BCUT2D eigenvalue weighted by Crippen LogP contribution is -2.33. The number of carbonyl (C=O) groups excluding carboxylic acids is 2. The first-order valence-corrected chi connectivity index (χ1v) is 9.90. The molecule has 1 N–H and O–H groups in total. The summed E-state index contributed by atoms with van der Waals surface area (Å²) in [5, 5.41) is 8.73. The van der Waals surface area contributed by atoms with Crippen LogP contribution < -0.4 is 0 Å². The summed E-state index contributed by atoms with van der Waals surface area (Å²) >= 11 is 0. The Labute approximate surface area is 175 Å². The van der Waals surface area contributed by atoms with E-state index in [2.05, 4.69) is 24.3 Å². The maximum Gasteiger partial charge on any atom is 0.409 e. The van der Waals surface area contributed by atoms with Gasteiger partial charge in [-0.3, -0.25) is 9.59 Å². The monoisotopic (exact) mass is 410 g/mol. The molecule has 2 amide bonds. The van der Waals surface area contributed by atoms with Crippen molar-refractivity contribution in [1.29, 1.82) is 0 Å². The third kappa shape index (κ3) is 4.79. The van der Waals surface area contributed by atoms with Gasteiger partial charge >= 0.3 is 12.1 Å². The third-order valence-corrected chi connectivity index (χ3v) is 5.33. The number of aliphatic carboxylic acids is 1. The van der Waals surface area contributed by atoms with E-state index in [0.29, 0.717) is 13.0 Å². The molecule has 0 spiro atoms. The topological polar surface area (TPSA) is 87.2 Å². The van der Waals surface area contributed by atoms with Crippen molar-refractivity contribution in [2.75, 3.05) is 33.8 Å². The van der Waals surface area contributed by atoms with Gasteiger partial charge in [-0.2, -0.15) is 0 Å². The van der Waals surface area contributed by atoms with Gasteiger partial charge in [0, 0.05) is 33.0 Å². The number of likely N-dealkylation sites (N-methyl/N-ethyl adjacent to an activating group) is 1. The van der Waals surface area contributed by atoms with E-state index in [4.69, 9.17) is 9.84 Å². The molecule has 0 saturated carbocycles. The fourth-order valence-electron chi connectivity index (χ4n) is 3.74. The summed E-state index contributed by atoms with van der Waals surface area (Å²) < 4.78 is 5.57. The van der Waals surface area contributed by atoms with Crippen LogP contribution in [0.5, 0.6) is 0 Å². The molecule has 1 aliphatic rings. The lowest BCUT2D eigenvalue weighted by atomic mass is 9.98. The first kappa shape index (κ1) is 21.4. The Kier molecular flexibility index (Phi) is 6.72. The van der Waals surface area contributed by atoms with E-state index in [0.717, 1.165) is 16.0 Å². The Bertz CT molecular complexity index is 897. The molecule has 0 fully saturated rings. The summed E-state index contributed by atoms with van der Waals surface area (Å²) in [6.45, 7) is 0.266. The first-order valence-electron chi connectivity index (χ1n) is 9.90. The molecule has 30 heavy (non-hydrogen) atoms. The molecule has 0 radical (unpaired) electrons. The van der Waals surface area contributed by atoms with Crippen molar-refractivity contribution in [3.8, 4) is 11.1 Å². The number of benzene rings is 2. The van der Waals surface area contributed by atoms with Crippen molar-refractivity contribution < 1.29 is 24.2 Å². The number of amides is 2. The van der Waals surface area contributed by atoms with Crippen molar-refractivity contribution in [3.63, 3.8) is 0 Å². The number of rotatable bonds is 8. The van der Waals surface area contributed by atoms with E-state index in [1.54, 1.807) is 7.05 Å². The lowest BCUT2D eigenvalue weighted by molar-refractivity contribution is -0.143. The largest absolute Gasteiger partial charge is 0.480 e. The van der Waals surface area contributed by atoms with Crippen LogP contribution in [0.2, 0.25) is 0 Å². The number of fused-ring (bicyclic) bond motifs is 3. The Hall–Kier alpha value is -3.35. The molecule has 0 aliphatic heterocycles. The molecular weight excluding hydrogens is 384 g/mol. The molecule has 158 valence electrons. The molecular formula is C23H26N2O5. The van der Waals surface area contributed by atoms with Gasteiger partial charge in [0.25, 0.3) is 0 Å². The Morgan fingerprint density at radius 2 is 1.50 bits per heavy atom. The fourth-order valence-corrected chi connectivity index (χ4v) is 3.74. The highest BCUT2D eigenvalue weighted by molar-refractivity contribution is 5.81. The molecule has 2 aromatic carbocycles. The van der Waals surface area contributed by atoms with Gasteiger partial charge in [0.1, 0.15) is 13.2 Å². The summed E-state index contributed by atoms with van der Waals surface area (Å²) in [4.78, 5) is 37.6. The highest BCUT2D eigenvalue weighted by atomic mass is 16.6. The van der Waals surface area contributed by atoms with Gasteiger partial charge in [-0.25, -0.2) is 4.79 Å². The Balaban J connectivity index is 1.51. The number of hydrogen-bond acceptors (Lipinski definition) is 4. The van der Waals surface area contributed by atoms with Crippen LogP contribution in [-0.2, 0) is 14.3 Å². The third-order valence-electron chi connectivity index (χ3n) is 5.33. The van der Waals surface area contributed by atoms with Gasteiger partial charge in [0.15, 0.2) is 0 Å². The molecule has 0 bridgehead atoms. The van der Waals surface area contributed by atoms with Gasteiger partial charge in [-0.05, 0) is 28.7 Å². The quantitative estimate of drug-likeness (QED) is 0.722. The zero-order valence-electron chi connectivity index (χ0n) is 17.2. The van der Waals surface area contributed by atoms with Gasteiger partial charge in [-0.1, -0.05) is 48.5 Å². The smallest absolute Gasteiger partial charge is 0.409 e. The summed E-state index contributed by atoms with van der Waals surface area (Å²) in [6, 6.07) is 16.3. The first-order chi connectivity index (χ1) is 14.4. The van der Waals surface area contributed by atoms with Gasteiger partial charge in [-0.15, -0.1) is 0 Å². The molecule has 0 aromatic heterocycles. The van der Waals surface area contributed by atoms with E-state index in [1.165, 1.54) is 23.1 Å². The zero-order valence-corrected chi connectivity index (χ0v) is 17.2. The van der Waals surface area contributed by atoms with E-state index >= 15 is 0 Å². The molecule has 3 rings (SSSR count). The normalized spacial score (nSPS) is 12.1. The minimum absolute atomic E-state index is 0.000922. The number of nitrogens with zero attached hydrogens (tertiary/aromatic N) is 2. The lowest BCUT2D eigenvalue weighted by Gasteiger charge is -2.20. The number of carboxylic acids is 1. The minimum Gasteiger partial charge on any atom is -0.480 e. The van der Waals surface area contributed by atoms with E-state index in [-0.39, 0.29) is 31.4 Å². The van der Waals surface area contributed by atoms with Gasteiger partial charge < -0.3 is 19.6 Å². The highest BCUT2D eigenvalue weighted by Gasteiger charge is 2.29. The van der Waals surface area contributed by atoms with Crippen LogP contribution in [-0.4, -0.2) is 66.7 Å². The molecule has 2 aromatic rings. The van der Waals surface area contributed by atoms with Gasteiger partial charge in [0.2, 0.25) is 5.91 Å². The summed E-state index contributed by atoms with van der Waals surface area (Å²) in [6.07, 6.45) is 0.164. The van der Waals surface area contributed by atoms with Crippen LogP contribution in [0.25, 0.3) is 11.1 Å². The minimum atomic E-state index is -1.05. The highest BCUT2D eigenvalue weighted by Crippen LogP contribution is 2.44. The molecule has 0 unspecified atom stereocenters. The Morgan fingerprint density at radius 1 is 0.933 bits per heavy atom. The maximum atomic E-state index is 12.4. The fraction of sp³-hybridized carbons (Fsp3) is 0.348.